The molecule has 118 valence electrons. The van der Waals surface area contributed by atoms with Crippen molar-refractivity contribution in [1.82, 2.24) is 14.6 Å². The van der Waals surface area contributed by atoms with Crippen LogP contribution in [0.1, 0.15) is 16.9 Å². The lowest BCUT2D eigenvalue weighted by atomic mass is 10.2. The van der Waals surface area contributed by atoms with Gasteiger partial charge in [0.1, 0.15) is 16.6 Å². The summed E-state index contributed by atoms with van der Waals surface area (Å²) >= 11 is 0. The number of sulfonamides is 1. The molecule has 21 heavy (non-hydrogen) atoms. The van der Waals surface area contributed by atoms with Crippen molar-refractivity contribution < 1.29 is 28.2 Å². The second-order valence-corrected chi connectivity index (χ2v) is 5.99. The highest BCUT2D eigenvalue weighted by molar-refractivity contribution is 7.89. The summed E-state index contributed by atoms with van der Waals surface area (Å²) < 4.78 is 27.5. The fourth-order valence-corrected chi connectivity index (χ4v) is 2.95. The zero-order valence-corrected chi connectivity index (χ0v) is 12.3. The van der Waals surface area contributed by atoms with E-state index < -0.39 is 34.5 Å². The average Bonchev–Trinajstić information content (AvgIpc) is 2.80. The Bertz CT molecular complexity index is 636. The first kappa shape index (κ1) is 17.1. The van der Waals surface area contributed by atoms with Gasteiger partial charge in [0, 0.05) is 26.9 Å². The molecule has 0 unspecified atom stereocenters. The van der Waals surface area contributed by atoms with Crippen LogP contribution in [0.15, 0.2) is 17.2 Å². The Kier molecular flexibility index (Phi) is 5.47. The lowest BCUT2D eigenvalue weighted by Gasteiger charge is -2.12. The molecule has 1 aromatic heterocycles. The summed E-state index contributed by atoms with van der Waals surface area (Å²) in [6.07, 6.45) is 0.939. The van der Waals surface area contributed by atoms with E-state index in [1.807, 2.05) is 4.72 Å². The van der Waals surface area contributed by atoms with E-state index in [-0.39, 0.29) is 17.0 Å². The molecule has 0 saturated carbocycles. The van der Waals surface area contributed by atoms with Crippen molar-refractivity contribution in [1.29, 1.82) is 0 Å². The summed E-state index contributed by atoms with van der Waals surface area (Å²) in [7, 11) is -1.21. The molecule has 4 N–H and O–H groups in total. The second kappa shape index (κ2) is 6.70. The SMILES string of the molecule is CNC(=O)c1cc(S(=O)(=O)N[C@@H](CCO)C(=O)O)cn1C. The van der Waals surface area contributed by atoms with Crippen LogP contribution in [0.25, 0.3) is 0 Å². The fraction of sp³-hybridized carbons (Fsp3) is 0.455. The maximum Gasteiger partial charge on any atom is 0.321 e. The highest BCUT2D eigenvalue weighted by atomic mass is 32.2. The topological polar surface area (TPSA) is 138 Å². The first-order valence-electron chi connectivity index (χ1n) is 5.97. The minimum Gasteiger partial charge on any atom is -0.480 e. The van der Waals surface area contributed by atoms with E-state index in [4.69, 9.17) is 10.2 Å². The molecule has 0 aliphatic heterocycles. The molecule has 9 nitrogen and oxygen atoms in total. The van der Waals surface area contributed by atoms with Crippen LogP contribution in [0.3, 0.4) is 0 Å². The number of aryl methyl sites for hydroxylation is 1. The Morgan fingerprint density at radius 1 is 1.43 bits per heavy atom. The lowest BCUT2D eigenvalue weighted by molar-refractivity contribution is -0.139. The summed E-state index contributed by atoms with van der Waals surface area (Å²) in [5.74, 6) is -1.86. The predicted molar refractivity (Wildman–Crippen MR) is 72.3 cm³/mol. The van der Waals surface area contributed by atoms with E-state index in [2.05, 4.69) is 5.32 Å². The smallest absolute Gasteiger partial charge is 0.321 e. The number of amides is 1. The van der Waals surface area contributed by atoms with Crippen LogP contribution >= 0.6 is 0 Å². The van der Waals surface area contributed by atoms with Gasteiger partial charge in [0.2, 0.25) is 10.0 Å². The highest BCUT2D eigenvalue weighted by Gasteiger charge is 2.27. The van der Waals surface area contributed by atoms with Crippen LogP contribution in [-0.2, 0) is 21.9 Å². The molecule has 0 spiro atoms. The van der Waals surface area contributed by atoms with Crippen molar-refractivity contribution in [2.24, 2.45) is 7.05 Å². The number of nitrogens with one attached hydrogen (secondary N) is 2. The number of aliphatic carboxylic acids is 1. The summed E-state index contributed by atoms with van der Waals surface area (Å²) in [5.41, 5.74) is 0.118. The molecule has 1 heterocycles. The molecule has 0 bridgehead atoms. The minimum atomic E-state index is -4.11. The quantitative estimate of drug-likeness (QED) is 0.482. The van der Waals surface area contributed by atoms with E-state index in [0.29, 0.717) is 0 Å². The lowest BCUT2D eigenvalue weighted by Crippen LogP contribution is -2.41. The number of aromatic nitrogens is 1. The maximum atomic E-state index is 12.1. The minimum absolute atomic E-state index is 0.118. The number of carbonyl (C=O) groups excluding carboxylic acids is 1. The Balaban J connectivity index is 3.08. The van der Waals surface area contributed by atoms with Crippen LogP contribution < -0.4 is 10.0 Å². The highest BCUT2D eigenvalue weighted by Crippen LogP contribution is 2.14. The van der Waals surface area contributed by atoms with Gasteiger partial charge in [0.15, 0.2) is 0 Å². The molecule has 0 aromatic carbocycles. The third-order valence-electron chi connectivity index (χ3n) is 2.76. The Hall–Kier alpha value is -1.91. The van der Waals surface area contributed by atoms with Gasteiger partial charge < -0.3 is 20.1 Å². The first-order chi connectivity index (χ1) is 9.72. The summed E-state index contributed by atoms with van der Waals surface area (Å²) in [5, 5.41) is 20.0. The molecule has 0 aliphatic rings. The molecular weight excluding hydrogens is 302 g/mol. The van der Waals surface area contributed by atoms with E-state index in [1.54, 1.807) is 0 Å². The number of hydrogen-bond acceptors (Lipinski definition) is 5. The number of aliphatic hydroxyl groups is 1. The third-order valence-corrected chi connectivity index (χ3v) is 4.20. The van der Waals surface area contributed by atoms with E-state index in [9.17, 15) is 18.0 Å². The Morgan fingerprint density at radius 2 is 2.05 bits per heavy atom. The molecular formula is C11H17N3O6S. The number of carboxylic acids is 1. The molecule has 0 radical (unpaired) electrons. The van der Waals surface area contributed by atoms with Gasteiger partial charge in [-0.1, -0.05) is 0 Å². The van der Waals surface area contributed by atoms with Crippen LogP contribution in [0.4, 0.5) is 0 Å². The van der Waals surface area contributed by atoms with Crippen LogP contribution in [0, 0.1) is 0 Å². The number of nitrogens with zero attached hydrogens (tertiary/aromatic N) is 1. The summed E-state index contributed by atoms with van der Waals surface area (Å²) in [6, 6.07) is -0.303. The molecule has 1 aromatic rings. The van der Waals surface area contributed by atoms with Crippen LogP contribution in [0.5, 0.6) is 0 Å². The molecule has 1 amide bonds. The van der Waals surface area contributed by atoms with Gasteiger partial charge in [0.05, 0.1) is 0 Å². The first-order valence-corrected chi connectivity index (χ1v) is 7.45. The second-order valence-electron chi connectivity index (χ2n) is 4.28. The van der Waals surface area contributed by atoms with E-state index in [0.717, 1.165) is 6.07 Å². The summed E-state index contributed by atoms with van der Waals surface area (Å²) in [6.45, 7) is -0.474. The van der Waals surface area contributed by atoms with Gasteiger partial charge in [-0.3, -0.25) is 9.59 Å². The van der Waals surface area contributed by atoms with Crippen molar-refractivity contribution in [3.63, 3.8) is 0 Å². The largest absolute Gasteiger partial charge is 0.480 e. The van der Waals surface area contributed by atoms with Crippen molar-refractivity contribution in [2.45, 2.75) is 17.4 Å². The molecule has 10 heteroatoms. The van der Waals surface area contributed by atoms with Gasteiger partial charge in [-0.2, -0.15) is 4.72 Å². The third kappa shape index (κ3) is 4.03. The van der Waals surface area contributed by atoms with Crippen molar-refractivity contribution in [2.75, 3.05) is 13.7 Å². The average molecular weight is 319 g/mol. The van der Waals surface area contributed by atoms with Gasteiger partial charge in [0.25, 0.3) is 5.91 Å². The molecule has 0 aliphatic carbocycles. The van der Waals surface area contributed by atoms with Crippen LogP contribution in [0.2, 0.25) is 0 Å². The van der Waals surface area contributed by atoms with Gasteiger partial charge in [-0.15, -0.1) is 0 Å². The van der Waals surface area contributed by atoms with Gasteiger partial charge in [-0.05, 0) is 12.5 Å². The molecule has 1 rings (SSSR count). The maximum absolute atomic E-state index is 12.1. The van der Waals surface area contributed by atoms with Crippen molar-refractivity contribution in [3.05, 3.63) is 18.0 Å². The van der Waals surface area contributed by atoms with Gasteiger partial charge in [-0.25, -0.2) is 8.42 Å². The van der Waals surface area contributed by atoms with Crippen molar-refractivity contribution in [3.8, 4) is 0 Å². The molecule has 0 saturated heterocycles. The normalized spacial score (nSPS) is 12.9. The number of carbonyl (C=O) groups is 2. The van der Waals surface area contributed by atoms with E-state index in [1.165, 1.54) is 24.9 Å². The molecule has 0 fully saturated rings. The zero-order chi connectivity index (χ0) is 16.2. The number of rotatable bonds is 7. The summed E-state index contributed by atoms with van der Waals surface area (Å²) in [4.78, 5) is 22.2. The predicted octanol–water partition coefficient (Wildman–Crippen LogP) is -1.50. The number of hydrogen-bond donors (Lipinski definition) is 4. The monoisotopic (exact) mass is 319 g/mol. The van der Waals surface area contributed by atoms with Gasteiger partial charge >= 0.3 is 5.97 Å². The standard InChI is InChI=1S/C11H17N3O6S/c1-12-10(16)9-5-7(6-14(9)2)21(19,20)13-8(3-4-15)11(17)18/h5-6,8,13,15H,3-4H2,1-2H3,(H,12,16)(H,17,18)/t8-/m0/s1. The van der Waals surface area contributed by atoms with Crippen LogP contribution in [-0.4, -0.2) is 54.8 Å². The fourth-order valence-electron chi connectivity index (χ4n) is 1.65. The number of carboxylic acid groups (broad SMARTS) is 1. The zero-order valence-electron chi connectivity index (χ0n) is 11.5. The Labute approximate surface area is 121 Å². The molecule has 1 atom stereocenters. The number of aliphatic hydroxyl groups excluding tert-OH is 1. The Morgan fingerprint density at radius 3 is 2.52 bits per heavy atom. The van der Waals surface area contributed by atoms with E-state index >= 15 is 0 Å². The van der Waals surface area contributed by atoms with Crippen molar-refractivity contribution >= 4 is 21.9 Å².